The molecule has 0 aliphatic rings. The van der Waals surface area contributed by atoms with E-state index in [4.69, 9.17) is 0 Å². The predicted molar refractivity (Wildman–Crippen MR) is 85.7 cm³/mol. The molecule has 0 amide bonds. The molecule has 0 unspecified atom stereocenters. The van der Waals surface area contributed by atoms with E-state index >= 15 is 0 Å². The average molecular weight is 288 g/mol. The fourth-order valence-electron chi connectivity index (χ4n) is 2.32. The summed E-state index contributed by atoms with van der Waals surface area (Å²) in [7, 11) is 0. The highest BCUT2D eigenvalue weighted by atomic mass is 19.1. The van der Waals surface area contributed by atoms with Gasteiger partial charge in [0.25, 0.3) is 0 Å². The summed E-state index contributed by atoms with van der Waals surface area (Å²) in [5, 5.41) is 9.38. The monoisotopic (exact) mass is 288 g/mol. The summed E-state index contributed by atoms with van der Waals surface area (Å²) < 4.78 is 15.3. The summed E-state index contributed by atoms with van der Waals surface area (Å²) in [4.78, 5) is 0. The van der Waals surface area contributed by atoms with Crippen LogP contribution in [-0.4, -0.2) is 4.57 Å². The standard InChI is InChI=1S/C19H13FN2/c20-17-7-4-6-15(12-17)16(14-21)13-19-10-5-11-22(19)18-8-2-1-3-9-18/h1-13H/b16-13+. The number of nitrogens with zero attached hydrogens (tertiary/aromatic N) is 2. The van der Waals surface area contributed by atoms with Crippen molar-refractivity contribution in [2.75, 3.05) is 0 Å². The molecule has 0 aliphatic carbocycles. The smallest absolute Gasteiger partial charge is 0.123 e. The summed E-state index contributed by atoms with van der Waals surface area (Å²) in [5.74, 6) is -0.350. The number of nitriles is 1. The first-order valence-electron chi connectivity index (χ1n) is 6.88. The zero-order valence-electron chi connectivity index (χ0n) is 11.8. The lowest BCUT2D eigenvalue weighted by atomic mass is 10.1. The maximum Gasteiger partial charge on any atom is 0.123 e. The Labute approximate surface area is 128 Å². The summed E-state index contributed by atoms with van der Waals surface area (Å²) in [6.07, 6.45) is 3.70. The first-order chi connectivity index (χ1) is 10.8. The van der Waals surface area contributed by atoms with E-state index in [2.05, 4.69) is 6.07 Å². The van der Waals surface area contributed by atoms with Crippen LogP contribution >= 0.6 is 0 Å². The number of benzene rings is 2. The molecule has 1 heterocycles. The number of para-hydroxylation sites is 1. The van der Waals surface area contributed by atoms with Crippen molar-refractivity contribution in [3.63, 3.8) is 0 Å². The Kier molecular flexibility index (Phi) is 3.84. The van der Waals surface area contributed by atoms with Crippen LogP contribution in [-0.2, 0) is 0 Å². The Hall–Kier alpha value is -3.12. The lowest BCUT2D eigenvalue weighted by Gasteiger charge is -2.07. The van der Waals surface area contributed by atoms with Gasteiger partial charge in [-0.15, -0.1) is 0 Å². The molecule has 106 valence electrons. The van der Waals surface area contributed by atoms with Crippen LogP contribution in [0.2, 0.25) is 0 Å². The first-order valence-corrected chi connectivity index (χ1v) is 6.88. The summed E-state index contributed by atoms with van der Waals surface area (Å²) in [6.45, 7) is 0. The van der Waals surface area contributed by atoms with Crippen LogP contribution in [0, 0.1) is 17.1 Å². The molecular weight excluding hydrogens is 275 g/mol. The lowest BCUT2D eigenvalue weighted by molar-refractivity contribution is 0.627. The molecule has 1 aromatic heterocycles. The van der Waals surface area contributed by atoms with Gasteiger partial charge in [-0.05, 0) is 48.0 Å². The van der Waals surface area contributed by atoms with E-state index in [0.717, 1.165) is 11.4 Å². The minimum Gasteiger partial charge on any atom is -0.317 e. The van der Waals surface area contributed by atoms with Crippen molar-refractivity contribution >= 4 is 11.6 Å². The van der Waals surface area contributed by atoms with E-state index in [1.165, 1.54) is 12.1 Å². The third-order valence-corrected chi connectivity index (χ3v) is 3.36. The number of halogens is 1. The van der Waals surface area contributed by atoms with Crippen molar-refractivity contribution in [3.05, 3.63) is 90.0 Å². The van der Waals surface area contributed by atoms with Gasteiger partial charge in [-0.2, -0.15) is 5.26 Å². The lowest BCUT2D eigenvalue weighted by Crippen LogP contribution is -1.94. The molecule has 22 heavy (non-hydrogen) atoms. The number of hydrogen-bond donors (Lipinski definition) is 0. The Morgan fingerprint density at radius 1 is 1.00 bits per heavy atom. The van der Waals surface area contributed by atoms with Crippen LogP contribution in [0.25, 0.3) is 17.3 Å². The van der Waals surface area contributed by atoms with E-state index in [1.54, 1.807) is 18.2 Å². The van der Waals surface area contributed by atoms with Crippen molar-refractivity contribution in [2.24, 2.45) is 0 Å². The zero-order chi connectivity index (χ0) is 15.4. The number of rotatable bonds is 3. The van der Waals surface area contributed by atoms with Crippen molar-refractivity contribution in [1.29, 1.82) is 5.26 Å². The van der Waals surface area contributed by atoms with Gasteiger partial charge in [0.15, 0.2) is 0 Å². The Bertz CT molecular complexity index is 854. The number of hydrogen-bond acceptors (Lipinski definition) is 1. The second-order valence-electron chi connectivity index (χ2n) is 4.82. The normalized spacial score (nSPS) is 11.2. The van der Waals surface area contributed by atoms with Crippen LogP contribution in [0.1, 0.15) is 11.3 Å². The third-order valence-electron chi connectivity index (χ3n) is 3.36. The van der Waals surface area contributed by atoms with Crippen LogP contribution in [0.5, 0.6) is 0 Å². The fourth-order valence-corrected chi connectivity index (χ4v) is 2.32. The topological polar surface area (TPSA) is 28.7 Å². The molecule has 0 spiro atoms. The number of aromatic nitrogens is 1. The van der Waals surface area contributed by atoms with Gasteiger partial charge in [0.1, 0.15) is 5.82 Å². The van der Waals surface area contributed by atoms with Gasteiger partial charge in [0, 0.05) is 17.6 Å². The summed E-state index contributed by atoms with van der Waals surface area (Å²) >= 11 is 0. The summed E-state index contributed by atoms with van der Waals surface area (Å²) in [5.41, 5.74) is 2.88. The van der Waals surface area contributed by atoms with Gasteiger partial charge in [0.2, 0.25) is 0 Å². The largest absolute Gasteiger partial charge is 0.317 e. The van der Waals surface area contributed by atoms with Crippen molar-refractivity contribution in [3.8, 4) is 11.8 Å². The molecule has 3 heteroatoms. The van der Waals surface area contributed by atoms with Gasteiger partial charge in [-0.3, -0.25) is 0 Å². The van der Waals surface area contributed by atoms with Crippen molar-refractivity contribution in [2.45, 2.75) is 0 Å². The minimum absolute atomic E-state index is 0.350. The number of allylic oxidation sites excluding steroid dienone is 1. The molecule has 3 rings (SSSR count). The van der Waals surface area contributed by atoms with Gasteiger partial charge >= 0.3 is 0 Å². The fraction of sp³-hybridized carbons (Fsp3) is 0. The van der Waals surface area contributed by atoms with Gasteiger partial charge in [-0.25, -0.2) is 4.39 Å². The van der Waals surface area contributed by atoms with Crippen LogP contribution in [0.3, 0.4) is 0 Å². The van der Waals surface area contributed by atoms with Crippen LogP contribution in [0.4, 0.5) is 4.39 Å². The van der Waals surface area contributed by atoms with E-state index in [-0.39, 0.29) is 5.82 Å². The van der Waals surface area contributed by atoms with Crippen molar-refractivity contribution < 1.29 is 4.39 Å². The molecular formula is C19H13FN2. The van der Waals surface area contributed by atoms with Crippen LogP contribution in [0.15, 0.2) is 72.9 Å². The third kappa shape index (κ3) is 2.82. The maximum absolute atomic E-state index is 13.3. The van der Waals surface area contributed by atoms with Crippen LogP contribution < -0.4 is 0 Å². The molecule has 3 aromatic rings. The highest BCUT2D eigenvalue weighted by Crippen LogP contribution is 2.21. The second-order valence-corrected chi connectivity index (χ2v) is 4.82. The predicted octanol–water partition coefficient (Wildman–Crippen LogP) is 4.68. The average Bonchev–Trinajstić information content (AvgIpc) is 3.01. The molecule has 0 saturated heterocycles. The SMILES string of the molecule is N#C/C(=C\c1cccn1-c1ccccc1)c1cccc(F)c1. The Balaban J connectivity index is 2.05. The van der Waals surface area contributed by atoms with E-state index in [1.807, 2.05) is 53.2 Å². The second kappa shape index (κ2) is 6.11. The Morgan fingerprint density at radius 3 is 2.55 bits per heavy atom. The van der Waals surface area contributed by atoms with E-state index < -0.39 is 0 Å². The quantitative estimate of drug-likeness (QED) is 0.643. The molecule has 0 saturated carbocycles. The van der Waals surface area contributed by atoms with Crippen molar-refractivity contribution in [1.82, 2.24) is 4.57 Å². The molecule has 0 radical (unpaired) electrons. The molecule has 0 N–H and O–H groups in total. The van der Waals surface area contributed by atoms with Gasteiger partial charge < -0.3 is 4.57 Å². The maximum atomic E-state index is 13.3. The Morgan fingerprint density at radius 2 is 1.82 bits per heavy atom. The highest BCUT2D eigenvalue weighted by Gasteiger charge is 2.06. The van der Waals surface area contributed by atoms with E-state index in [0.29, 0.717) is 11.1 Å². The molecule has 2 aromatic carbocycles. The summed E-state index contributed by atoms with van der Waals surface area (Å²) in [6, 6.07) is 21.9. The molecule has 0 aliphatic heterocycles. The molecule has 0 atom stereocenters. The van der Waals surface area contributed by atoms with E-state index in [9.17, 15) is 9.65 Å². The molecule has 2 nitrogen and oxygen atoms in total. The van der Waals surface area contributed by atoms with Gasteiger partial charge in [-0.1, -0.05) is 30.3 Å². The molecule has 0 bridgehead atoms. The molecule has 0 fully saturated rings. The first kappa shape index (κ1) is 13.8. The highest BCUT2D eigenvalue weighted by molar-refractivity contribution is 5.89. The zero-order valence-corrected chi connectivity index (χ0v) is 11.8. The minimum atomic E-state index is -0.350. The van der Waals surface area contributed by atoms with Gasteiger partial charge in [0.05, 0.1) is 11.6 Å².